The normalized spacial score (nSPS) is 13.6. The molecule has 1 aromatic rings. The molecule has 0 fully saturated rings. The van der Waals surface area contributed by atoms with Crippen molar-refractivity contribution in [1.82, 2.24) is 0 Å². The Labute approximate surface area is 91.2 Å². The second-order valence-corrected chi connectivity index (χ2v) is 5.01. The molecule has 0 aromatic carbocycles. The van der Waals surface area contributed by atoms with Gasteiger partial charge in [0.1, 0.15) is 0 Å². The second kappa shape index (κ2) is 5.10. The van der Waals surface area contributed by atoms with Crippen LogP contribution in [0.25, 0.3) is 0 Å². The average molecular weight is 264 g/mol. The molecule has 2 N–H and O–H groups in total. The summed E-state index contributed by atoms with van der Waals surface area (Å²) in [6, 6.07) is 2.04. The highest BCUT2D eigenvalue weighted by molar-refractivity contribution is 9.10. The largest absolute Gasteiger partial charge is 0.377 e. The molecule has 0 amide bonds. The van der Waals surface area contributed by atoms with Crippen LogP contribution in [0, 0.1) is 0 Å². The van der Waals surface area contributed by atoms with Gasteiger partial charge in [-0.3, -0.25) is 0 Å². The quantitative estimate of drug-likeness (QED) is 0.907. The first kappa shape index (κ1) is 11.2. The van der Waals surface area contributed by atoms with Gasteiger partial charge in [-0.25, -0.2) is 0 Å². The van der Waals surface area contributed by atoms with Crippen molar-refractivity contribution in [2.75, 3.05) is 6.61 Å². The molecule has 0 aliphatic heterocycles. The Kier molecular flexibility index (Phi) is 4.38. The summed E-state index contributed by atoms with van der Waals surface area (Å²) in [5.41, 5.74) is 5.92. The molecule has 1 rings (SSSR count). The van der Waals surface area contributed by atoms with E-state index in [0.717, 1.165) is 9.35 Å². The van der Waals surface area contributed by atoms with Crippen LogP contribution in [-0.4, -0.2) is 12.7 Å². The lowest BCUT2D eigenvalue weighted by atomic mass is 10.3. The highest BCUT2D eigenvalue weighted by atomic mass is 79.9. The zero-order valence-electron chi connectivity index (χ0n) is 7.79. The van der Waals surface area contributed by atoms with E-state index in [0.29, 0.717) is 6.61 Å². The molecule has 1 heterocycles. The first-order valence-corrected chi connectivity index (χ1v) is 5.88. The van der Waals surface area contributed by atoms with E-state index >= 15 is 0 Å². The van der Waals surface area contributed by atoms with E-state index < -0.39 is 0 Å². The molecule has 0 bridgehead atoms. The van der Waals surface area contributed by atoms with E-state index in [2.05, 4.69) is 15.9 Å². The van der Waals surface area contributed by atoms with Crippen LogP contribution in [0.3, 0.4) is 0 Å². The Balaban J connectivity index is 2.44. The smallest absolute Gasteiger partial charge is 0.0670 e. The zero-order chi connectivity index (χ0) is 9.84. The number of rotatable bonds is 4. The minimum Gasteiger partial charge on any atom is -0.377 e. The third-order valence-electron chi connectivity index (χ3n) is 1.56. The van der Waals surface area contributed by atoms with Crippen molar-refractivity contribution >= 4 is 27.3 Å². The monoisotopic (exact) mass is 263 g/mol. The topological polar surface area (TPSA) is 35.2 Å². The molecule has 0 aliphatic carbocycles. The van der Waals surface area contributed by atoms with Crippen molar-refractivity contribution < 1.29 is 4.74 Å². The highest BCUT2D eigenvalue weighted by Crippen LogP contribution is 2.24. The summed E-state index contributed by atoms with van der Waals surface area (Å²) in [6.07, 6.45) is 0.245. The van der Waals surface area contributed by atoms with Crippen LogP contribution in [0.15, 0.2) is 15.9 Å². The molecule has 74 valence electrons. The van der Waals surface area contributed by atoms with Gasteiger partial charge in [-0.1, -0.05) is 0 Å². The maximum Gasteiger partial charge on any atom is 0.0670 e. The summed E-state index contributed by atoms with van der Waals surface area (Å²) < 4.78 is 6.52. The molecule has 0 saturated carbocycles. The fraction of sp³-hybridized carbons (Fsp3) is 0.556. The van der Waals surface area contributed by atoms with Crippen molar-refractivity contribution in [3.05, 3.63) is 20.8 Å². The van der Waals surface area contributed by atoms with Gasteiger partial charge in [0.15, 0.2) is 0 Å². The fourth-order valence-electron chi connectivity index (χ4n) is 0.901. The molecule has 0 spiro atoms. The fourth-order valence-corrected chi connectivity index (χ4v) is 2.33. The Hall–Kier alpha value is 0.1000. The maximum atomic E-state index is 5.92. The van der Waals surface area contributed by atoms with E-state index in [1.807, 2.05) is 25.3 Å². The highest BCUT2D eigenvalue weighted by Gasteiger charge is 2.09. The van der Waals surface area contributed by atoms with Gasteiger partial charge >= 0.3 is 0 Å². The van der Waals surface area contributed by atoms with Crippen LogP contribution in [0.1, 0.15) is 24.8 Å². The van der Waals surface area contributed by atoms with Gasteiger partial charge in [-0.15, -0.1) is 11.3 Å². The number of hydrogen-bond acceptors (Lipinski definition) is 3. The molecule has 1 atom stereocenters. The van der Waals surface area contributed by atoms with Gasteiger partial charge in [0.25, 0.3) is 0 Å². The lowest BCUT2D eigenvalue weighted by Crippen LogP contribution is -2.18. The van der Waals surface area contributed by atoms with Crippen LogP contribution in [0.5, 0.6) is 0 Å². The Morgan fingerprint density at radius 1 is 1.62 bits per heavy atom. The van der Waals surface area contributed by atoms with Gasteiger partial charge < -0.3 is 10.5 Å². The van der Waals surface area contributed by atoms with Crippen molar-refractivity contribution in [1.29, 1.82) is 0 Å². The van der Waals surface area contributed by atoms with Crippen LogP contribution >= 0.6 is 27.3 Å². The molecule has 2 nitrogen and oxygen atoms in total. The molecule has 1 aromatic heterocycles. The van der Waals surface area contributed by atoms with Crippen LogP contribution < -0.4 is 5.73 Å². The minimum atomic E-state index is -0.00120. The second-order valence-electron chi connectivity index (χ2n) is 3.16. The summed E-state index contributed by atoms with van der Waals surface area (Å²) in [5.74, 6) is 0. The molecular formula is C9H14BrNOS. The van der Waals surface area contributed by atoms with Crippen molar-refractivity contribution in [2.24, 2.45) is 5.73 Å². The van der Waals surface area contributed by atoms with Crippen molar-refractivity contribution in [2.45, 2.75) is 26.0 Å². The number of hydrogen-bond donors (Lipinski definition) is 1. The summed E-state index contributed by atoms with van der Waals surface area (Å²) in [6.45, 7) is 4.61. The SMILES string of the molecule is CC(C)OCC(N)c1cc(Br)cs1. The summed E-state index contributed by atoms with van der Waals surface area (Å²) in [5, 5.41) is 2.03. The third kappa shape index (κ3) is 3.77. The predicted octanol–water partition coefficient (Wildman–Crippen LogP) is 2.94. The van der Waals surface area contributed by atoms with Crippen LogP contribution in [0.4, 0.5) is 0 Å². The predicted molar refractivity (Wildman–Crippen MR) is 60.0 cm³/mol. The Bertz CT molecular complexity index is 262. The lowest BCUT2D eigenvalue weighted by Gasteiger charge is -2.12. The van der Waals surface area contributed by atoms with Gasteiger partial charge in [0.05, 0.1) is 18.8 Å². The zero-order valence-corrected chi connectivity index (χ0v) is 10.2. The Morgan fingerprint density at radius 3 is 2.77 bits per heavy atom. The molecular weight excluding hydrogens is 250 g/mol. The van der Waals surface area contributed by atoms with Gasteiger partial charge in [-0.2, -0.15) is 0 Å². The molecule has 1 unspecified atom stereocenters. The summed E-state index contributed by atoms with van der Waals surface area (Å²) in [4.78, 5) is 1.16. The van der Waals surface area contributed by atoms with Crippen molar-refractivity contribution in [3.8, 4) is 0 Å². The number of ether oxygens (including phenoxy) is 1. The lowest BCUT2D eigenvalue weighted by molar-refractivity contribution is 0.0688. The van der Waals surface area contributed by atoms with Crippen LogP contribution in [0.2, 0.25) is 0 Å². The molecule has 4 heteroatoms. The van der Waals surface area contributed by atoms with Gasteiger partial charge in [-0.05, 0) is 35.8 Å². The molecule has 0 radical (unpaired) electrons. The number of nitrogens with two attached hydrogens (primary N) is 1. The maximum absolute atomic E-state index is 5.92. The summed E-state index contributed by atoms with van der Waals surface area (Å²) >= 11 is 5.05. The van der Waals surface area contributed by atoms with Crippen LogP contribution in [-0.2, 0) is 4.74 Å². The number of thiophene rings is 1. The number of halogens is 1. The van der Waals surface area contributed by atoms with E-state index in [-0.39, 0.29) is 12.1 Å². The first-order chi connectivity index (χ1) is 6.09. The van der Waals surface area contributed by atoms with Crippen molar-refractivity contribution in [3.63, 3.8) is 0 Å². The van der Waals surface area contributed by atoms with E-state index in [1.54, 1.807) is 11.3 Å². The third-order valence-corrected chi connectivity index (χ3v) is 3.39. The summed E-state index contributed by atoms with van der Waals surface area (Å²) in [7, 11) is 0. The van der Waals surface area contributed by atoms with Gasteiger partial charge in [0.2, 0.25) is 0 Å². The average Bonchev–Trinajstić information content (AvgIpc) is 2.47. The van der Waals surface area contributed by atoms with E-state index in [9.17, 15) is 0 Å². The molecule has 0 aliphatic rings. The minimum absolute atomic E-state index is 0.00120. The van der Waals surface area contributed by atoms with E-state index in [4.69, 9.17) is 10.5 Å². The molecule has 0 saturated heterocycles. The first-order valence-electron chi connectivity index (χ1n) is 4.20. The standard InChI is InChI=1S/C9H14BrNOS/c1-6(2)12-4-8(11)9-3-7(10)5-13-9/h3,5-6,8H,4,11H2,1-2H3. The van der Waals surface area contributed by atoms with E-state index in [1.165, 1.54) is 0 Å². The molecule has 13 heavy (non-hydrogen) atoms. The Morgan fingerprint density at radius 2 is 2.31 bits per heavy atom. The van der Waals surface area contributed by atoms with Gasteiger partial charge in [0, 0.05) is 14.7 Å².